The van der Waals surface area contributed by atoms with E-state index in [2.05, 4.69) is 136 Å². The molecule has 0 aliphatic rings. The lowest BCUT2D eigenvalue weighted by Gasteiger charge is -2.20. The fraction of sp³-hybridized carbons (Fsp3) is 0.868. The molecule has 7 unspecified atom stereocenters. The van der Waals surface area contributed by atoms with Crippen LogP contribution in [0.3, 0.4) is 0 Å². The Balaban J connectivity index is -0.000000292. The highest BCUT2D eigenvalue weighted by Crippen LogP contribution is 2.10. The van der Waals surface area contributed by atoms with Gasteiger partial charge in [0.2, 0.25) is 53.2 Å². The zero-order chi connectivity index (χ0) is 80.7. The highest BCUT2D eigenvalue weighted by molar-refractivity contribution is 7.99. The zero-order valence-electron chi connectivity index (χ0n) is 69.2. The zero-order valence-corrected chi connectivity index (χ0v) is 70.1. The topological polar surface area (TPSA) is 365 Å². The first-order chi connectivity index (χ1) is 49.9. The first-order valence-electron chi connectivity index (χ1n) is 38.7. The van der Waals surface area contributed by atoms with E-state index in [0.29, 0.717) is 101 Å². The number of nitrogens with one attached hydrogen (secondary N) is 10. The van der Waals surface area contributed by atoms with Crippen molar-refractivity contribution < 1.29 is 85.8 Å². The normalized spacial score (nSPS) is 12.7. The van der Waals surface area contributed by atoms with E-state index in [4.69, 9.17) is 37.9 Å². The van der Waals surface area contributed by atoms with Crippen molar-refractivity contribution in [1.29, 1.82) is 0 Å². The minimum atomic E-state index is -0.501. The number of alkyl carbamates (subject to hydrolysis) is 1. The molecule has 0 saturated heterocycles. The van der Waals surface area contributed by atoms with Crippen LogP contribution < -0.4 is 53.2 Å². The van der Waals surface area contributed by atoms with Crippen molar-refractivity contribution >= 4 is 71.0 Å². The maximum atomic E-state index is 11.6. The summed E-state index contributed by atoms with van der Waals surface area (Å²) in [7, 11) is 0. The summed E-state index contributed by atoms with van der Waals surface area (Å²) in [4.78, 5) is 109. The van der Waals surface area contributed by atoms with Gasteiger partial charge in [-0.05, 0) is 85.7 Å². The van der Waals surface area contributed by atoms with E-state index in [1.807, 2.05) is 13.8 Å². The third kappa shape index (κ3) is 103. The van der Waals surface area contributed by atoms with Crippen LogP contribution in [0.5, 0.6) is 0 Å². The number of hydrogen-bond acceptors (Lipinski definition) is 19. The SMILES string of the molecule is CCC(C)COC(=O)NCNC(C)=O.CCC(C)COCC(COCC(C)CC)OCCCSCCC(=O)NCNC(C)=O.CCC(C)COCCCCCNC(=O)CCC(=O)NCNC(C)=O.CCC(C)COCCCCNC(C)=O.CCC(C)COCCNC(C)=O.CCC(C)COCNC(C)=O. The number of rotatable bonds is 58. The van der Waals surface area contributed by atoms with Gasteiger partial charge in [0.25, 0.3) is 0 Å². The van der Waals surface area contributed by atoms with Gasteiger partial charge in [0.1, 0.15) is 12.8 Å². The number of unbranched alkanes of at least 4 members (excludes halogenated alkanes) is 3. The Labute approximate surface area is 639 Å². The quantitative estimate of drug-likeness (QED) is 0.0200. The molecule has 0 saturated carbocycles. The predicted octanol–water partition coefficient (Wildman–Crippen LogP) is 9.69. The number of carbonyl (C=O) groups excluding carboxylic acids is 10. The standard InChI is InChI=1S/C22H44N2O5S.C17H33N3O4.C11H23NO2.C9H18N2O3.C9H19NO2.C8H17NO2/c1-6-18(3)13-27-15-21(16-28-14-19(4)7-2)29-10-8-11-30-12-9-22(26)24-17-23-20(5)25;1-4-14(2)12-24-11-7-5-6-10-18-16(22)8-9-17(23)20-13-19-15(3)21;1-4-10(2)9-14-8-6-5-7-12-11(3)13;1-4-7(2)5-14-9(13)11-6-10-8(3)12;1-4-8(2)7-12-6-5-10-9(3)11;1-4-7(2)5-11-6-9-8(3)10/h18-19,21H,6-17H2,1-5H3,(H,23,25)(H,24,26);14H,4-13H2,1-3H3,(H,18,22)(H,19,21)(H,20,23);10H,4-9H2,1-3H3,(H,12,13);7H,4-6H2,1-3H3,(H,10,12)(H,11,13);8H,4-7H2,1-3H3,(H,10,11);7H,4-6H2,1-3H3,(H,9,10). The highest BCUT2D eigenvalue weighted by atomic mass is 32.2. The molecule has 0 aromatic heterocycles. The number of ether oxygens (including phenoxy) is 8. The van der Waals surface area contributed by atoms with Crippen LogP contribution in [0.4, 0.5) is 4.79 Å². The first kappa shape index (κ1) is 110. The van der Waals surface area contributed by atoms with Gasteiger partial charge in [0, 0.05) is 139 Å². The third-order valence-electron chi connectivity index (χ3n) is 15.5. The van der Waals surface area contributed by atoms with Crippen molar-refractivity contribution in [2.75, 3.05) is 144 Å². The largest absolute Gasteiger partial charge is 0.449 e. The molecule has 10 amide bonds. The third-order valence-corrected chi connectivity index (χ3v) is 16.5. The molecular weight excluding hydrogens is 1370 g/mol. The molecule has 0 aromatic rings. The summed E-state index contributed by atoms with van der Waals surface area (Å²) in [6.07, 6.45) is 13.8. The minimum Gasteiger partial charge on any atom is -0.449 e. The Bertz CT molecular complexity index is 2080. The molecule has 0 fully saturated rings. The van der Waals surface area contributed by atoms with Crippen molar-refractivity contribution in [3.63, 3.8) is 0 Å². The number of hydrogen-bond donors (Lipinski definition) is 10. The minimum absolute atomic E-state index is 0.00198. The average molecular weight is 1530 g/mol. The Morgan fingerprint density at radius 3 is 1.07 bits per heavy atom. The van der Waals surface area contributed by atoms with Crippen molar-refractivity contribution in [1.82, 2.24) is 53.2 Å². The Kier molecular flexibility index (Phi) is 88.6. The molecule has 0 aliphatic carbocycles. The van der Waals surface area contributed by atoms with Crippen LogP contribution in [-0.4, -0.2) is 209 Å². The summed E-state index contributed by atoms with van der Waals surface area (Å²) >= 11 is 1.73. The fourth-order valence-electron chi connectivity index (χ4n) is 6.88. The molecule has 10 N–H and O–H groups in total. The second-order valence-electron chi connectivity index (χ2n) is 26.6. The summed E-state index contributed by atoms with van der Waals surface area (Å²) in [5, 5.41) is 25.8. The summed E-state index contributed by atoms with van der Waals surface area (Å²) < 4.78 is 44.0. The van der Waals surface area contributed by atoms with E-state index >= 15 is 0 Å². The molecule has 0 aromatic carbocycles. The second-order valence-corrected chi connectivity index (χ2v) is 27.9. The second kappa shape index (κ2) is 84.2. The van der Waals surface area contributed by atoms with Gasteiger partial charge in [0.05, 0.1) is 53.0 Å². The number of amides is 10. The summed E-state index contributed by atoms with van der Waals surface area (Å²) in [6, 6.07) is 0. The molecule has 7 atom stereocenters. The van der Waals surface area contributed by atoms with Crippen molar-refractivity contribution in [2.24, 2.45) is 41.4 Å². The first-order valence-corrected chi connectivity index (χ1v) is 39.9. The van der Waals surface area contributed by atoms with Crippen LogP contribution in [0, 0.1) is 41.4 Å². The van der Waals surface area contributed by atoms with E-state index in [9.17, 15) is 47.9 Å². The van der Waals surface area contributed by atoms with Gasteiger partial charge in [-0.2, -0.15) is 11.8 Å². The molecule has 105 heavy (non-hydrogen) atoms. The molecule has 28 nitrogen and oxygen atoms in total. The smallest absolute Gasteiger partial charge is 0.408 e. The monoisotopic (exact) mass is 1530 g/mol. The van der Waals surface area contributed by atoms with Gasteiger partial charge in [0.15, 0.2) is 0 Å². The molecule has 0 spiro atoms. The highest BCUT2D eigenvalue weighted by Gasteiger charge is 2.14. The molecule has 0 radical (unpaired) electrons. The molecule has 29 heteroatoms. The maximum Gasteiger partial charge on any atom is 0.408 e. The van der Waals surface area contributed by atoms with Gasteiger partial charge in [-0.15, -0.1) is 0 Å². The molecule has 0 rings (SSSR count). The van der Waals surface area contributed by atoms with Crippen LogP contribution in [0.2, 0.25) is 0 Å². The fourth-order valence-corrected chi connectivity index (χ4v) is 7.73. The van der Waals surface area contributed by atoms with Gasteiger partial charge in [-0.1, -0.05) is 142 Å². The predicted molar refractivity (Wildman–Crippen MR) is 421 cm³/mol. The van der Waals surface area contributed by atoms with Gasteiger partial charge >= 0.3 is 6.09 Å². The molecule has 0 bridgehead atoms. The van der Waals surface area contributed by atoms with E-state index in [0.717, 1.165) is 148 Å². The Morgan fingerprint density at radius 2 is 0.638 bits per heavy atom. The van der Waals surface area contributed by atoms with Crippen LogP contribution in [0.1, 0.15) is 241 Å². The summed E-state index contributed by atoms with van der Waals surface area (Å²) in [6.45, 7) is 50.5. The average Bonchev–Trinajstić information content (AvgIpc) is 1.25. The van der Waals surface area contributed by atoms with Crippen molar-refractivity contribution in [3.05, 3.63) is 0 Å². The molecule has 0 heterocycles. The summed E-state index contributed by atoms with van der Waals surface area (Å²) in [5.41, 5.74) is 0. The van der Waals surface area contributed by atoms with E-state index < -0.39 is 6.09 Å². The lowest BCUT2D eigenvalue weighted by Crippen LogP contribution is -2.36. The maximum absolute atomic E-state index is 11.6. The number of thioether (sulfide) groups is 1. The lowest BCUT2D eigenvalue weighted by molar-refractivity contribution is -0.126. The number of carbonyl (C=O) groups is 10. The van der Waals surface area contributed by atoms with Crippen LogP contribution >= 0.6 is 11.8 Å². The van der Waals surface area contributed by atoms with Crippen molar-refractivity contribution in [3.8, 4) is 0 Å². The van der Waals surface area contributed by atoms with Gasteiger partial charge in [-0.25, -0.2) is 4.79 Å². The van der Waals surface area contributed by atoms with Crippen LogP contribution in [0.15, 0.2) is 0 Å². The van der Waals surface area contributed by atoms with E-state index in [1.54, 1.807) is 18.7 Å². The Morgan fingerprint density at radius 1 is 0.295 bits per heavy atom. The van der Waals surface area contributed by atoms with Gasteiger partial charge < -0.3 is 91.1 Å². The molecule has 0 aliphatic heterocycles. The van der Waals surface area contributed by atoms with Crippen LogP contribution in [0.25, 0.3) is 0 Å². The van der Waals surface area contributed by atoms with Crippen molar-refractivity contribution in [2.45, 2.75) is 247 Å². The van der Waals surface area contributed by atoms with E-state index in [-0.39, 0.29) is 92.1 Å². The molecule has 622 valence electrons. The Hall–Kier alpha value is -5.43. The lowest BCUT2D eigenvalue weighted by atomic mass is 10.1. The van der Waals surface area contributed by atoms with Crippen LogP contribution in [-0.2, 0) is 81.0 Å². The molecular formula is C76H154N10O18S. The van der Waals surface area contributed by atoms with Gasteiger partial charge in [-0.3, -0.25) is 43.2 Å². The van der Waals surface area contributed by atoms with E-state index in [1.165, 1.54) is 41.0 Å². The summed E-state index contributed by atoms with van der Waals surface area (Å²) in [5.74, 6) is 4.64.